The number of carbonyl (C=O) groups excluding carboxylic acids is 1. The molecule has 0 fully saturated rings. The van der Waals surface area contributed by atoms with Gasteiger partial charge in [0.05, 0.1) is 5.69 Å². The number of benzene rings is 2. The lowest BCUT2D eigenvalue weighted by Gasteiger charge is -2.29. The van der Waals surface area contributed by atoms with E-state index >= 15 is 0 Å². The molecule has 1 aromatic heterocycles. The van der Waals surface area contributed by atoms with Gasteiger partial charge in [0.2, 0.25) is 5.95 Å². The van der Waals surface area contributed by atoms with E-state index in [0.717, 1.165) is 24.1 Å². The zero-order chi connectivity index (χ0) is 18.8. The van der Waals surface area contributed by atoms with E-state index in [2.05, 4.69) is 15.3 Å². The number of para-hydroxylation sites is 2. The van der Waals surface area contributed by atoms with Crippen LogP contribution in [0, 0.1) is 12.7 Å². The van der Waals surface area contributed by atoms with Gasteiger partial charge in [-0.1, -0.05) is 30.3 Å². The van der Waals surface area contributed by atoms with E-state index in [1.807, 2.05) is 24.3 Å². The lowest BCUT2D eigenvalue weighted by molar-refractivity contribution is 0.0980. The highest BCUT2D eigenvalue weighted by molar-refractivity contribution is 6.05. The third-order valence-corrected chi connectivity index (χ3v) is 4.55. The van der Waals surface area contributed by atoms with Crippen molar-refractivity contribution in [1.29, 1.82) is 0 Å². The molecular weight excluding hydrogens is 343 g/mol. The predicted molar refractivity (Wildman–Crippen MR) is 103 cm³/mol. The van der Waals surface area contributed by atoms with Gasteiger partial charge in [-0.2, -0.15) is 0 Å². The van der Waals surface area contributed by atoms with Crippen molar-refractivity contribution in [2.75, 3.05) is 16.8 Å². The van der Waals surface area contributed by atoms with E-state index in [0.29, 0.717) is 12.2 Å². The lowest BCUT2D eigenvalue weighted by atomic mass is 10.0. The zero-order valence-corrected chi connectivity index (χ0v) is 14.9. The van der Waals surface area contributed by atoms with Crippen molar-refractivity contribution in [3.05, 3.63) is 77.4 Å². The van der Waals surface area contributed by atoms with E-state index in [4.69, 9.17) is 0 Å². The summed E-state index contributed by atoms with van der Waals surface area (Å²) < 4.78 is 13.9. The van der Waals surface area contributed by atoms with E-state index in [1.54, 1.807) is 36.1 Å². The quantitative estimate of drug-likeness (QED) is 0.756. The Labute approximate surface area is 156 Å². The smallest absolute Gasteiger partial charge is 0.277 e. The van der Waals surface area contributed by atoms with Gasteiger partial charge < -0.3 is 10.2 Å². The number of amides is 1. The van der Waals surface area contributed by atoms with Crippen LogP contribution in [0.25, 0.3) is 0 Å². The van der Waals surface area contributed by atoms with Gasteiger partial charge in [0.15, 0.2) is 0 Å². The van der Waals surface area contributed by atoms with Crippen molar-refractivity contribution < 1.29 is 9.18 Å². The lowest BCUT2D eigenvalue weighted by Crippen LogP contribution is -2.36. The van der Waals surface area contributed by atoms with Gasteiger partial charge >= 0.3 is 0 Å². The first-order valence-electron chi connectivity index (χ1n) is 8.89. The molecule has 1 aliphatic rings. The number of hydrogen-bond donors (Lipinski definition) is 1. The Kier molecular flexibility index (Phi) is 4.54. The number of fused-ring (bicyclic) bond motifs is 1. The Morgan fingerprint density at radius 2 is 1.89 bits per heavy atom. The largest absolute Gasteiger partial charge is 0.322 e. The standard InChI is InChI=1S/C21H19FN4O/c1-14-13-18(25-21(23-14)24-17-10-4-3-9-16(17)22)20(27)26-12-6-8-15-7-2-5-11-19(15)26/h2-5,7,9-11,13H,6,8,12H2,1H3,(H,23,24,25). The maximum Gasteiger partial charge on any atom is 0.277 e. The molecule has 0 saturated heterocycles. The second-order valence-corrected chi connectivity index (χ2v) is 6.51. The van der Waals surface area contributed by atoms with Crippen LogP contribution in [0.3, 0.4) is 0 Å². The van der Waals surface area contributed by atoms with Crippen LogP contribution in [-0.4, -0.2) is 22.4 Å². The van der Waals surface area contributed by atoms with Crippen LogP contribution < -0.4 is 10.2 Å². The third-order valence-electron chi connectivity index (χ3n) is 4.55. The minimum atomic E-state index is -0.402. The minimum Gasteiger partial charge on any atom is -0.322 e. The molecule has 0 radical (unpaired) electrons. The van der Waals surface area contributed by atoms with Crippen molar-refractivity contribution in [3.8, 4) is 0 Å². The van der Waals surface area contributed by atoms with Crippen molar-refractivity contribution in [1.82, 2.24) is 9.97 Å². The van der Waals surface area contributed by atoms with Crippen LogP contribution in [0.15, 0.2) is 54.6 Å². The molecule has 0 atom stereocenters. The van der Waals surface area contributed by atoms with Crippen molar-refractivity contribution in [3.63, 3.8) is 0 Å². The maximum absolute atomic E-state index is 13.9. The Morgan fingerprint density at radius 1 is 1.11 bits per heavy atom. The summed E-state index contributed by atoms with van der Waals surface area (Å²) in [6.45, 7) is 2.43. The van der Waals surface area contributed by atoms with Crippen molar-refractivity contribution in [2.24, 2.45) is 0 Å². The number of nitrogens with one attached hydrogen (secondary N) is 1. The molecule has 1 amide bonds. The Bertz CT molecular complexity index is 1000. The highest BCUT2D eigenvalue weighted by atomic mass is 19.1. The number of rotatable bonds is 3. The molecule has 6 heteroatoms. The number of aryl methyl sites for hydroxylation is 2. The molecule has 0 saturated carbocycles. The first-order chi connectivity index (χ1) is 13.1. The predicted octanol–water partition coefficient (Wildman–Crippen LogP) is 4.26. The van der Waals surface area contributed by atoms with Crippen LogP contribution in [0.2, 0.25) is 0 Å². The molecule has 0 spiro atoms. The van der Waals surface area contributed by atoms with Crippen LogP contribution in [0.4, 0.5) is 21.7 Å². The second kappa shape index (κ2) is 7.15. The fraction of sp³-hybridized carbons (Fsp3) is 0.190. The average molecular weight is 362 g/mol. The van der Waals surface area contributed by atoms with E-state index in [-0.39, 0.29) is 23.2 Å². The van der Waals surface area contributed by atoms with Crippen molar-refractivity contribution in [2.45, 2.75) is 19.8 Å². The molecule has 4 rings (SSSR count). The van der Waals surface area contributed by atoms with Gasteiger partial charge in [0, 0.05) is 17.9 Å². The third kappa shape index (κ3) is 3.51. The van der Waals surface area contributed by atoms with Gasteiger partial charge in [-0.25, -0.2) is 14.4 Å². The van der Waals surface area contributed by atoms with Gasteiger partial charge in [-0.05, 0) is 49.6 Å². The van der Waals surface area contributed by atoms with Crippen molar-refractivity contribution >= 4 is 23.2 Å². The fourth-order valence-corrected chi connectivity index (χ4v) is 3.30. The average Bonchev–Trinajstić information content (AvgIpc) is 2.68. The zero-order valence-electron chi connectivity index (χ0n) is 14.9. The summed E-state index contributed by atoms with van der Waals surface area (Å²) in [5, 5.41) is 2.86. The first kappa shape index (κ1) is 17.1. The van der Waals surface area contributed by atoms with Crippen LogP contribution >= 0.6 is 0 Å². The number of hydrogen-bond acceptors (Lipinski definition) is 4. The molecule has 5 nitrogen and oxygen atoms in total. The molecule has 2 heterocycles. The SMILES string of the molecule is Cc1cc(C(=O)N2CCCc3ccccc32)nc(Nc2ccccc2F)n1. The molecular formula is C21H19FN4O. The van der Waals surface area contributed by atoms with Crippen LogP contribution in [-0.2, 0) is 6.42 Å². The Balaban J connectivity index is 1.66. The van der Waals surface area contributed by atoms with Gasteiger partial charge in [0.1, 0.15) is 11.5 Å². The Hall–Kier alpha value is -3.28. The number of aromatic nitrogens is 2. The monoisotopic (exact) mass is 362 g/mol. The van der Waals surface area contributed by atoms with E-state index in [9.17, 15) is 9.18 Å². The number of anilines is 3. The molecule has 27 heavy (non-hydrogen) atoms. The number of carbonyl (C=O) groups is 1. The summed E-state index contributed by atoms with van der Waals surface area (Å²) in [7, 11) is 0. The summed E-state index contributed by atoms with van der Waals surface area (Å²) >= 11 is 0. The number of nitrogens with zero attached hydrogens (tertiary/aromatic N) is 3. The normalized spacial score (nSPS) is 13.2. The van der Waals surface area contributed by atoms with E-state index < -0.39 is 5.82 Å². The maximum atomic E-state index is 13.9. The highest BCUT2D eigenvalue weighted by Crippen LogP contribution is 2.28. The van der Waals surface area contributed by atoms with Crippen LogP contribution in [0.5, 0.6) is 0 Å². The molecule has 0 bridgehead atoms. The fourth-order valence-electron chi connectivity index (χ4n) is 3.30. The first-order valence-corrected chi connectivity index (χ1v) is 8.89. The highest BCUT2D eigenvalue weighted by Gasteiger charge is 2.25. The molecule has 3 aromatic rings. The second-order valence-electron chi connectivity index (χ2n) is 6.51. The van der Waals surface area contributed by atoms with Gasteiger partial charge in [0.25, 0.3) is 5.91 Å². The molecule has 1 aliphatic heterocycles. The molecule has 0 aliphatic carbocycles. The number of halogens is 1. The summed E-state index contributed by atoms with van der Waals surface area (Å²) in [4.78, 5) is 23.5. The van der Waals surface area contributed by atoms with Gasteiger partial charge in [-0.3, -0.25) is 4.79 Å². The molecule has 136 valence electrons. The van der Waals surface area contributed by atoms with Gasteiger partial charge in [-0.15, -0.1) is 0 Å². The summed E-state index contributed by atoms with van der Waals surface area (Å²) in [5.41, 5.74) is 3.28. The molecule has 1 N–H and O–H groups in total. The molecule has 0 unspecified atom stereocenters. The van der Waals surface area contributed by atoms with E-state index in [1.165, 1.54) is 6.07 Å². The summed E-state index contributed by atoms with van der Waals surface area (Å²) in [6.07, 6.45) is 1.87. The Morgan fingerprint density at radius 3 is 2.74 bits per heavy atom. The summed E-state index contributed by atoms with van der Waals surface area (Å²) in [6, 6.07) is 15.9. The topological polar surface area (TPSA) is 58.1 Å². The molecule has 2 aromatic carbocycles. The summed E-state index contributed by atoms with van der Waals surface area (Å²) in [5.74, 6) is -0.376. The minimum absolute atomic E-state index is 0.177. The van der Waals surface area contributed by atoms with Crippen LogP contribution in [0.1, 0.15) is 28.2 Å².